The van der Waals surface area contributed by atoms with E-state index in [0.717, 1.165) is 22.7 Å². The number of nitrogens with one attached hydrogen (secondary N) is 1. The molecule has 0 spiro atoms. The first-order valence-corrected chi connectivity index (χ1v) is 7.19. The highest BCUT2D eigenvalue weighted by Crippen LogP contribution is 2.29. The van der Waals surface area contributed by atoms with Crippen LogP contribution < -0.4 is 5.32 Å². The van der Waals surface area contributed by atoms with Crippen LogP contribution in [0.15, 0.2) is 36.4 Å². The van der Waals surface area contributed by atoms with Gasteiger partial charge in [0.2, 0.25) is 5.91 Å². The molecule has 1 aliphatic rings. The maximum Gasteiger partial charge on any atom is 0.336 e. The van der Waals surface area contributed by atoms with E-state index in [0.29, 0.717) is 11.8 Å². The number of amides is 2. The van der Waals surface area contributed by atoms with Gasteiger partial charge < -0.3 is 5.11 Å². The van der Waals surface area contributed by atoms with Gasteiger partial charge >= 0.3 is 5.97 Å². The molecule has 1 fully saturated rings. The summed E-state index contributed by atoms with van der Waals surface area (Å²) in [5, 5.41) is 12.1. The van der Waals surface area contributed by atoms with E-state index in [1.807, 2.05) is 18.2 Å². The summed E-state index contributed by atoms with van der Waals surface area (Å²) in [6, 6.07) is 10.5. The molecule has 2 aromatic carbocycles. The molecule has 0 bridgehead atoms. The zero-order valence-electron chi connectivity index (χ0n) is 10.8. The number of carbonyl (C=O) groups excluding carboxylic acids is 2. The van der Waals surface area contributed by atoms with Gasteiger partial charge in [0.05, 0.1) is 10.8 Å². The van der Waals surface area contributed by atoms with Gasteiger partial charge in [0.15, 0.2) is 0 Å². The van der Waals surface area contributed by atoms with Gasteiger partial charge in [0.1, 0.15) is 0 Å². The van der Waals surface area contributed by atoms with Crippen LogP contribution in [0.1, 0.15) is 15.9 Å². The summed E-state index contributed by atoms with van der Waals surface area (Å²) in [5.41, 5.74) is 0.964. The molecule has 106 valence electrons. The van der Waals surface area contributed by atoms with Gasteiger partial charge in [-0.3, -0.25) is 14.9 Å². The number of hydrogen-bond acceptors (Lipinski definition) is 4. The minimum atomic E-state index is -1.01. The van der Waals surface area contributed by atoms with Gasteiger partial charge in [-0.25, -0.2) is 4.79 Å². The number of aromatic carboxylic acids is 1. The summed E-state index contributed by atoms with van der Waals surface area (Å²) in [6.07, 6.45) is 0.323. The molecule has 2 amide bonds. The first kappa shape index (κ1) is 13.6. The van der Waals surface area contributed by atoms with Crippen molar-refractivity contribution in [2.45, 2.75) is 11.7 Å². The van der Waals surface area contributed by atoms with Crippen molar-refractivity contribution in [2.75, 3.05) is 0 Å². The molecule has 6 heteroatoms. The predicted octanol–water partition coefficient (Wildman–Crippen LogP) is 2.43. The Labute approximate surface area is 124 Å². The molecule has 5 nitrogen and oxygen atoms in total. The fourth-order valence-corrected chi connectivity index (χ4v) is 3.34. The highest BCUT2D eigenvalue weighted by molar-refractivity contribution is 8.15. The Hall–Kier alpha value is -2.34. The summed E-state index contributed by atoms with van der Waals surface area (Å²) >= 11 is 0.944. The lowest BCUT2D eigenvalue weighted by molar-refractivity contribution is -0.118. The van der Waals surface area contributed by atoms with Crippen molar-refractivity contribution < 1.29 is 19.5 Å². The van der Waals surface area contributed by atoms with Gasteiger partial charge in [-0.15, -0.1) is 0 Å². The average molecular weight is 301 g/mol. The van der Waals surface area contributed by atoms with Gasteiger partial charge in [-0.05, 0) is 28.8 Å². The topological polar surface area (TPSA) is 83.5 Å². The number of rotatable bonds is 3. The quantitative estimate of drug-likeness (QED) is 0.909. The molecular formula is C15H11NO4S. The second-order valence-corrected chi connectivity index (χ2v) is 5.89. The second kappa shape index (κ2) is 5.21. The normalized spacial score (nSPS) is 18.0. The Morgan fingerprint density at radius 3 is 2.52 bits per heavy atom. The molecule has 1 heterocycles. The smallest absolute Gasteiger partial charge is 0.336 e. The van der Waals surface area contributed by atoms with E-state index in [4.69, 9.17) is 0 Å². The Bertz CT molecular complexity index is 766. The fourth-order valence-electron chi connectivity index (χ4n) is 2.49. The maximum absolute atomic E-state index is 11.7. The number of benzene rings is 2. The van der Waals surface area contributed by atoms with E-state index in [9.17, 15) is 19.5 Å². The molecule has 3 rings (SSSR count). The van der Waals surface area contributed by atoms with E-state index in [1.165, 1.54) is 0 Å². The largest absolute Gasteiger partial charge is 0.478 e. The molecular weight excluding hydrogens is 290 g/mol. The number of carboxylic acids is 1. The number of imide groups is 1. The summed E-state index contributed by atoms with van der Waals surface area (Å²) in [5.74, 6) is -1.33. The Balaban J connectivity index is 2.08. The summed E-state index contributed by atoms with van der Waals surface area (Å²) in [4.78, 5) is 34.3. The van der Waals surface area contributed by atoms with Crippen LogP contribution in [0.2, 0.25) is 0 Å². The van der Waals surface area contributed by atoms with E-state index in [-0.39, 0.29) is 16.7 Å². The van der Waals surface area contributed by atoms with Crippen molar-refractivity contribution in [2.24, 2.45) is 0 Å². The number of carbonyl (C=O) groups is 3. The van der Waals surface area contributed by atoms with Gasteiger partial charge in [-0.2, -0.15) is 0 Å². The third-order valence-electron chi connectivity index (χ3n) is 3.39. The average Bonchev–Trinajstić information content (AvgIpc) is 2.76. The molecule has 2 aromatic rings. The molecule has 0 aliphatic carbocycles. The SMILES string of the molecule is O=C1NC(=O)C(Cc2cccc3cccc(C(=O)O)c23)S1. The van der Waals surface area contributed by atoms with E-state index in [1.54, 1.807) is 18.2 Å². The third-order valence-corrected chi connectivity index (χ3v) is 4.38. The van der Waals surface area contributed by atoms with Gasteiger partial charge in [-0.1, -0.05) is 42.1 Å². The molecule has 1 aliphatic heterocycles. The van der Waals surface area contributed by atoms with Crippen LogP contribution in [0.4, 0.5) is 4.79 Å². The van der Waals surface area contributed by atoms with Gasteiger partial charge in [0.25, 0.3) is 5.24 Å². The Morgan fingerprint density at radius 1 is 1.19 bits per heavy atom. The van der Waals surface area contributed by atoms with Crippen molar-refractivity contribution in [3.05, 3.63) is 47.5 Å². The number of thioether (sulfide) groups is 1. The van der Waals surface area contributed by atoms with Crippen molar-refractivity contribution in [1.82, 2.24) is 5.32 Å². The highest BCUT2D eigenvalue weighted by atomic mass is 32.2. The highest BCUT2D eigenvalue weighted by Gasteiger charge is 2.32. The van der Waals surface area contributed by atoms with Crippen molar-refractivity contribution in [3.63, 3.8) is 0 Å². The van der Waals surface area contributed by atoms with Gasteiger partial charge in [0, 0.05) is 0 Å². The van der Waals surface area contributed by atoms with E-state index in [2.05, 4.69) is 5.32 Å². The lowest BCUT2D eigenvalue weighted by atomic mass is 9.96. The first-order valence-electron chi connectivity index (χ1n) is 6.31. The third kappa shape index (κ3) is 2.50. The van der Waals surface area contributed by atoms with Crippen LogP contribution in [0.3, 0.4) is 0 Å². The van der Waals surface area contributed by atoms with Crippen LogP contribution in [0, 0.1) is 0 Å². The molecule has 21 heavy (non-hydrogen) atoms. The molecule has 0 radical (unpaired) electrons. The van der Waals surface area contributed by atoms with Crippen LogP contribution in [0.5, 0.6) is 0 Å². The Kier molecular flexibility index (Phi) is 3.39. The monoisotopic (exact) mass is 301 g/mol. The molecule has 1 atom stereocenters. The Morgan fingerprint density at radius 2 is 1.90 bits per heavy atom. The lowest BCUT2D eigenvalue weighted by Gasteiger charge is -2.11. The first-order chi connectivity index (χ1) is 10.1. The fraction of sp³-hybridized carbons (Fsp3) is 0.133. The second-order valence-electron chi connectivity index (χ2n) is 4.71. The minimum absolute atomic E-state index is 0.206. The lowest BCUT2D eigenvalue weighted by Crippen LogP contribution is -2.25. The zero-order valence-corrected chi connectivity index (χ0v) is 11.6. The van der Waals surface area contributed by atoms with Crippen molar-refractivity contribution in [1.29, 1.82) is 0 Å². The summed E-state index contributed by atoms with van der Waals surface area (Å²) < 4.78 is 0. The van der Waals surface area contributed by atoms with E-state index >= 15 is 0 Å². The van der Waals surface area contributed by atoms with Crippen LogP contribution in [0.25, 0.3) is 10.8 Å². The zero-order chi connectivity index (χ0) is 15.0. The summed E-state index contributed by atoms with van der Waals surface area (Å²) in [6.45, 7) is 0. The van der Waals surface area contributed by atoms with Crippen LogP contribution in [-0.4, -0.2) is 27.5 Å². The van der Waals surface area contributed by atoms with Crippen molar-refractivity contribution in [3.8, 4) is 0 Å². The van der Waals surface area contributed by atoms with Crippen molar-refractivity contribution >= 4 is 39.7 Å². The maximum atomic E-state index is 11.7. The number of hydrogen-bond donors (Lipinski definition) is 2. The summed E-state index contributed by atoms with van der Waals surface area (Å²) in [7, 11) is 0. The molecule has 0 aromatic heterocycles. The van der Waals surface area contributed by atoms with E-state index < -0.39 is 11.2 Å². The molecule has 1 saturated heterocycles. The predicted molar refractivity (Wildman–Crippen MR) is 79.5 cm³/mol. The molecule has 2 N–H and O–H groups in total. The minimum Gasteiger partial charge on any atom is -0.478 e. The van der Waals surface area contributed by atoms with Crippen LogP contribution in [-0.2, 0) is 11.2 Å². The standard InChI is InChI=1S/C15H11NO4S/c17-13-11(21-15(20)16-13)7-9-5-1-3-8-4-2-6-10(12(8)9)14(18)19/h1-6,11H,7H2,(H,18,19)(H,16,17,20). The molecule has 1 unspecified atom stereocenters. The number of carboxylic acid groups (broad SMARTS) is 1. The molecule has 0 saturated carbocycles. The van der Waals surface area contributed by atoms with Crippen LogP contribution >= 0.6 is 11.8 Å². The number of fused-ring (bicyclic) bond motifs is 1.